The SMILES string of the molecule is CC(C)=CCOn1ccccc1=S. The molecule has 1 aromatic rings. The van der Waals surface area contributed by atoms with Crippen molar-refractivity contribution >= 4 is 12.2 Å². The fraction of sp³-hybridized carbons (Fsp3) is 0.300. The molecule has 0 N–H and O–H groups in total. The van der Waals surface area contributed by atoms with Crippen LogP contribution in [-0.2, 0) is 0 Å². The maximum absolute atomic E-state index is 5.38. The highest BCUT2D eigenvalue weighted by Crippen LogP contribution is 1.92. The predicted octanol–water partition coefficient (Wildman–Crippen LogP) is 2.61. The summed E-state index contributed by atoms with van der Waals surface area (Å²) >= 11 is 5.05. The Bertz CT molecular complexity index is 350. The molecule has 0 aliphatic carbocycles. The summed E-state index contributed by atoms with van der Waals surface area (Å²) in [7, 11) is 0. The van der Waals surface area contributed by atoms with Crippen molar-refractivity contribution in [1.82, 2.24) is 4.73 Å². The van der Waals surface area contributed by atoms with Crippen LogP contribution >= 0.6 is 12.2 Å². The van der Waals surface area contributed by atoms with E-state index >= 15 is 0 Å². The van der Waals surface area contributed by atoms with E-state index in [2.05, 4.69) is 0 Å². The van der Waals surface area contributed by atoms with E-state index in [4.69, 9.17) is 17.1 Å². The first kappa shape index (κ1) is 9.99. The fourth-order valence-electron chi connectivity index (χ4n) is 0.804. The molecule has 2 nitrogen and oxygen atoms in total. The Hall–Kier alpha value is -1.09. The van der Waals surface area contributed by atoms with Crippen LogP contribution in [0.5, 0.6) is 0 Å². The summed E-state index contributed by atoms with van der Waals surface area (Å²) in [6.07, 6.45) is 3.82. The maximum atomic E-state index is 5.38. The molecule has 0 saturated heterocycles. The van der Waals surface area contributed by atoms with E-state index in [1.165, 1.54) is 5.57 Å². The van der Waals surface area contributed by atoms with E-state index in [9.17, 15) is 0 Å². The van der Waals surface area contributed by atoms with Gasteiger partial charge in [0.15, 0.2) is 0 Å². The Morgan fingerprint density at radius 2 is 2.31 bits per heavy atom. The van der Waals surface area contributed by atoms with E-state index in [1.54, 1.807) is 10.9 Å². The highest BCUT2D eigenvalue weighted by molar-refractivity contribution is 7.71. The van der Waals surface area contributed by atoms with Gasteiger partial charge in [0.1, 0.15) is 11.2 Å². The molecule has 0 atom stereocenters. The molecule has 13 heavy (non-hydrogen) atoms. The van der Waals surface area contributed by atoms with E-state index < -0.39 is 0 Å². The summed E-state index contributed by atoms with van der Waals surface area (Å²) in [4.78, 5) is 5.38. The molecule has 0 spiro atoms. The summed E-state index contributed by atoms with van der Waals surface area (Å²) in [5.74, 6) is 0. The van der Waals surface area contributed by atoms with E-state index in [0.29, 0.717) is 11.2 Å². The molecule has 0 saturated carbocycles. The third-order valence-corrected chi connectivity index (χ3v) is 1.81. The molecule has 1 aromatic heterocycles. The number of aromatic nitrogens is 1. The second-order valence-corrected chi connectivity index (χ2v) is 3.36. The molecule has 1 rings (SSSR count). The number of hydrogen-bond acceptors (Lipinski definition) is 2. The zero-order valence-corrected chi connectivity index (χ0v) is 8.67. The molecular weight excluding hydrogens is 182 g/mol. The van der Waals surface area contributed by atoms with Crippen molar-refractivity contribution in [2.75, 3.05) is 6.61 Å². The van der Waals surface area contributed by atoms with Gasteiger partial charge in [0, 0.05) is 6.20 Å². The Morgan fingerprint density at radius 1 is 1.54 bits per heavy atom. The largest absolute Gasteiger partial charge is 0.409 e. The summed E-state index contributed by atoms with van der Waals surface area (Å²) < 4.78 is 2.28. The van der Waals surface area contributed by atoms with Crippen molar-refractivity contribution in [2.24, 2.45) is 0 Å². The number of allylic oxidation sites excluding steroid dienone is 1. The van der Waals surface area contributed by atoms with Gasteiger partial charge in [-0.1, -0.05) is 23.9 Å². The Kier molecular flexibility index (Phi) is 3.71. The zero-order valence-electron chi connectivity index (χ0n) is 7.86. The average Bonchev–Trinajstić information content (AvgIpc) is 2.08. The molecule has 0 unspecified atom stereocenters. The predicted molar refractivity (Wildman–Crippen MR) is 56.1 cm³/mol. The van der Waals surface area contributed by atoms with Gasteiger partial charge in [-0.05, 0) is 32.1 Å². The molecule has 70 valence electrons. The molecule has 0 fully saturated rings. The Morgan fingerprint density at radius 3 is 2.92 bits per heavy atom. The first-order valence-electron chi connectivity index (χ1n) is 4.14. The third-order valence-electron chi connectivity index (χ3n) is 1.49. The van der Waals surface area contributed by atoms with Crippen molar-refractivity contribution in [3.63, 3.8) is 0 Å². The lowest BCUT2D eigenvalue weighted by molar-refractivity contribution is 0.130. The summed E-state index contributed by atoms with van der Waals surface area (Å²) in [6.45, 7) is 4.63. The average molecular weight is 195 g/mol. The van der Waals surface area contributed by atoms with Gasteiger partial charge in [-0.3, -0.25) is 0 Å². The molecule has 0 radical (unpaired) electrons. The molecule has 0 bridgehead atoms. The van der Waals surface area contributed by atoms with Gasteiger partial charge in [0.2, 0.25) is 0 Å². The summed E-state index contributed by atoms with van der Waals surface area (Å²) in [5, 5.41) is 0. The standard InChI is InChI=1S/C10H13NOS/c1-9(2)6-8-12-11-7-4-3-5-10(11)13/h3-7H,8H2,1-2H3. The lowest BCUT2D eigenvalue weighted by Crippen LogP contribution is -2.11. The van der Waals surface area contributed by atoms with E-state index in [1.807, 2.05) is 38.1 Å². The molecular formula is C10H13NOS. The van der Waals surface area contributed by atoms with Crippen LogP contribution in [-0.4, -0.2) is 11.3 Å². The topological polar surface area (TPSA) is 14.2 Å². The molecule has 0 aromatic carbocycles. The van der Waals surface area contributed by atoms with Gasteiger partial charge < -0.3 is 4.84 Å². The normalized spacial score (nSPS) is 9.38. The first-order chi connectivity index (χ1) is 6.20. The van der Waals surface area contributed by atoms with Gasteiger partial charge in [-0.15, -0.1) is 0 Å². The van der Waals surface area contributed by atoms with Crippen LogP contribution < -0.4 is 4.84 Å². The van der Waals surface area contributed by atoms with Gasteiger partial charge in [-0.25, -0.2) is 0 Å². The minimum Gasteiger partial charge on any atom is -0.409 e. The van der Waals surface area contributed by atoms with Crippen LogP contribution in [0.25, 0.3) is 0 Å². The van der Waals surface area contributed by atoms with Crippen LogP contribution in [0.1, 0.15) is 13.8 Å². The number of pyridine rings is 1. The molecule has 0 aliphatic heterocycles. The maximum Gasteiger partial charge on any atom is 0.142 e. The van der Waals surface area contributed by atoms with Gasteiger partial charge >= 0.3 is 0 Å². The molecule has 0 aliphatic rings. The monoisotopic (exact) mass is 195 g/mol. The number of hydrogen-bond donors (Lipinski definition) is 0. The minimum atomic E-state index is 0.556. The smallest absolute Gasteiger partial charge is 0.142 e. The Labute approximate surface area is 83.4 Å². The first-order valence-corrected chi connectivity index (χ1v) is 4.55. The highest BCUT2D eigenvalue weighted by Gasteiger charge is 1.87. The van der Waals surface area contributed by atoms with Gasteiger partial charge in [0.25, 0.3) is 0 Å². The van der Waals surface area contributed by atoms with E-state index in [-0.39, 0.29) is 0 Å². The van der Waals surface area contributed by atoms with Crippen LogP contribution in [0, 0.1) is 4.64 Å². The van der Waals surface area contributed by atoms with Gasteiger partial charge in [-0.2, -0.15) is 4.73 Å². The van der Waals surface area contributed by atoms with Crippen LogP contribution in [0.15, 0.2) is 36.0 Å². The third kappa shape index (κ3) is 3.42. The lowest BCUT2D eigenvalue weighted by Gasteiger charge is -2.06. The summed E-state index contributed by atoms with van der Waals surface area (Å²) in [6, 6.07) is 5.61. The van der Waals surface area contributed by atoms with Crippen molar-refractivity contribution in [3.8, 4) is 0 Å². The van der Waals surface area contributed by atoms with Gasteiger partial charge in [0.05, 0.1) is 0 Å². The van der Waals surface area contributed by atoms with Crippen LogP contribution in [0.2, 0.25) is 0 Å². The second kappa shape index (κ2) is 4.82. The van der Waals surface area contributed by atoms with Crippen LogP contribution in [0.3, 0.4) is 0 Å². The van der Waals surface area contributed by atoms with Crippen molar-refractivity contribution in [3.05, 3.63) is 40.7 Å². The lowest BCUT2D eigenvalue weighted by atomic mass is 10.3. The molecule has 0 amide bonds. The number of rotatable bonds is 3. The zero-order chi connectivity index (χ0) is 9.68. The van der Waals surface area contributed by atoms with Crippen molar-refractivity contribution in [2.45, 2.75) is 13.8 Å². The quantitative estimate of drug-likeness (QED) is 0.543. The fourth-order valence-corrected chi connectivity index (χ4v) is 0.996. The molecule has 3 heteroatoms. The second-order valence-electron chi connectivity index (χ2n) is 2.94. The molecule has 1 heterocycles. The van der Waals surface area contributed by atoms with Crippen LogP contribution in [0.4, 0.5) is 0 Å². The van der Waals surface area contributed by atoms with E-state index in [0.717, 1.165) is 0 Å². The highest BCUT2D eigenvalue weighted by atomic mass is 32.1. The minimum absolute atomic E-state index is 0.556. The summed E-state index contributed by atoms with van der Waals surface area (Å²) in [5.41, 5.74) is 1.24. The van der Waals surface area contributed by atoms with Crippen molar-refractivity contribution < 1.29 is 4.84 Å². The number of nitrogens with zero attached hydrogens (tertiary/aromatic N) is 1. The van der Waals surface area contributed by atoms with Crippen molar-refractivity contribution in [1.29, 1.82) is 0 Å². The Balaban J connectivity index is 2.60.